The molecular formula is C18H19N3O5. The summed E-state index contributed by atoms with van der Waals surface area (Å²) in [5.41, 5.74) is 0.918. The number of aromatic nitrogens is 1. The van der Waals surface area contributed by atoms with Crippen LogP contribution in [0.4, 0.5) is 0 Å². The summed E-state index contributed by atoms with van der Waals surface area (Å²) >= 11 is 0. The maximum Gasteiger partial charge on any atom is 0.276 e. The molecule has 1 aromatic heterocycles. The van der Waals surface area contributed by atoms with Crippen LogP contribution in [0.1, 0.15) is 33.5 Å². The Bertz CT molecular complexity index is 839. The quantitative estimate of drug-likeness (QED) is 0.829. The van der Waals surface area contributed by atoms with Gasteiger partial charge in [0, 0.05) is 38.2 Å². The maximum atomic E-state index is 12.7. The van der Waals surface area contributed by atoms with E-state index in [0.29, 0.717) is 61.1 Å². The molecular weight excluding hydrogens is 338 g/mol. The summed E-state index contributed by atoms with van der Waals surface area (Å²) < 4.78 is 15.8. The molecule has 2 amide bonds. The number of nitrogens with zero attached hydrogens (tertiary/aromatic N) is 3. The monoisotopic (exact) mass is 357 g/mol. The molecule has 2 aliphatic rings. The van der Waals surface area contributed by atoms with Crippen molar-refractivity contribution in [3.8, 4) is 11.5 Å². The lowest BCUT2D eigenvalue weighted by atomic mass is 10.1. The van der Waals surface area contributed by atoms with Crippen molar-refractivity contribution in [2.75, 3.05) is 33.0 Å². The van der Waals surface area contributed by atoms with E-state index in [9.17, 15) is 9.59 Å². The second kappa shape index (κ2) is 6.70. The standard InChI is InChI=1S/C18H19N3O5/c1-2-13-16(19-10-24-13)18(23)21-7-5-20(6-8-21)17(22)12-3-4-14-15(9-12)26-11-25-14/h3-4,9-10H,2,5-8,11H2,1H3. The maximum absolute atomic E-state index is 12.7. The third-order valence-corrected chi connectivity index (χ3v) is 4.64. The summed E-state index contributed by atoms with van der Waals surface area (Å²) in [6.45, 7) is 3.96. The fraction of sp³-hybridized carbons (Fsp3) is 0.389. The minimum atomic E-state index is -0.147. The first kappa shape index (κ1) is 16.4. The molecule has 26 heavy (non-hydrogen) atoms. The van der Waals surface area contributed by atoms with Gasteiger partial charge in [-0.2, -0.15) is 0 Å². The molecule has 1 saturated heterocycles. The Morgan fingerprint density at radius 2 is 1.73 bits per heavy atom. The molecule has 2 aliphatic heterocycles. The Kier molecular flexibility index (Phi) is 4.24. The summed E-state index contributed by atoms with van der Waals surface area (Å²) in [4.78, 5) is 32.8. The van der Waals surface area contributed by atoms with E-state index in [2.05, 4.69) is 4.98 Å². The smallest absolute Gasteiger partial charge is 0.276 e. The van der Waals surface area contributed by atoms with Crippen molar-refractivity contribution in [3.63, 3.8) is 0 Å². The highest BCUT2D eigenvalue weighted by atomic mass is 16.7. The summed E-state index contributed by atoms with van der Waals surface area (Å²) in [6, 6.07) is 5.17. The Morgan fingerprint density at radius 1 is 1.04 bits per heavy atom. The van der Waals surface area contributed by atoms with Gasteiger partial charge in [-0.25, -0.2) is 4.98 Å². The Hall–Kier alpha value is -3.03. The van der Waals surface area contributed by atoms with Gasteiger partial charge in [0.2, 0.25) is 6.79 Å². The van der Waals surface area contributed by atoms with E-state index in [1.807, 2.05) is 6.92 Å². The molecule has 0 spiro atoms. The molecule has 0 bridgehead atoms. The van der Waals surface area contributed by atoms with Crippen molar-refractivity contribution < 1.29 is 23.5 Å². The number of hydrogen-bond acceptors (Lipinski definition) is 6. The van der Waals surface area contributed by atoms with Gasteiger partial charge in [-0.3, -0.25) is 9.59 Å². The average Bonchev–Trinajstić information content (AvgIpc) is 3.35. The van der Waals surface area contributed by atoms with Gasteiger partial charge in [0.05, 0.1) is 0 Å². The first-order chi connectivity index (χ1) is 12.7. The fourth-order valence-electron chi connectivity index (χ4n) is 3.17. The highest BCUT2D eigenvalue weighted by Crippen LogP contribution is 2.32. The lowest BCUT2D eigenvalue weighted by molar-refractivity contribution is 0.0531. The van der Waals surface area contributed by atoms with Crippen LogP contribution in [0, 0.1) is 0 Å². The molecule has 3 heterocycles. The van der Waals surface area contributed by atoms with Crippen molar-refractivity contribution in [2.24, 2.45) is 0 Å². The van der Waals surface area contributed by atoms with Crippen LogP contribution in [0.15, 0.2) is 29.0 Å². The number of carbonyl (C=O) groups is 2. The number of aryl methyl sites for hydroxylation is 1. The Morgan fingerprint density at radius 3 is 2.46 bits per heavy atom. The molecule has 136 valence electrons. The minimum Gasteiger partial charge on any atom is -0.454 e. The van der Waals surface area contributed by atoms with Gasteiger partial charge in [0.1, 0.15) is 5.76 Å². The molecule has 8 nitrogen and oxygen atoms in total. The zero-order valence-corrected chi connectivity index (χ0v) is 14.4. The molecule has 2 aromatic rings. The number of oxazole rings is 1. The Labute approximate surface area is 150 Å². The van der Waals surface area contributed by atoms with Crippen LogP contribution in [0.5, 0.6) is 11.5 Å². The van der Waals surface area contributed by atoms with E-state index in [4.69, 9.17) is 13.9 Å². The molecule has 4 rings (SSSR count). The number of ether oxygens (including phenoxy) is 2. The number of fused-ring (bicyclic) bond motifs is 1. The topological polar surface area (TPSA) is 85.1 Å². The third-order valence-electron chi connectivity index (χ3n) is 4.64. The largest absolute Gasteiger partial charge is 0.454 e. The van der Waals surface area contributed by atoms with Gasteiger partial charge in [0.25, 0.3) is 11.8 Å². The van der Waals surface area contributed by atoms with Crippen LogP contribution >= 0.6 is 0 Å². The van der Waals surface area contributed by atoms with E-state index >= 15 is 0 Å². The number of hydrogen-bond donors (Lipinski definition) is 0. The van der Waals surface area contributed by atoms with Crippen LogP contribution in [0.3, 0.4) is 0 Å². The minimum absolute atomic E-state index is 0.0777. The number of benzene rings is 1. The summed E-state index contributed by atoms with van der Waals surface area (Å²) in [5, 5.41) is 0. The van der Waals surface area contributed by atoms with Crippen LogP contribution in [0.2, 0.25) is 0 Å². The summed E-state index contributed by atoms with van der Waals surface area (Å²) in [7, 11) is 0. The zero-order valence-electron chi connectivity index (χ0n) is 14.4. The summed E-state index contributed by atoms with van der Waals surface area (Å²) in [6.07, 6.45) is 1.91. The molecule has 0 N–H and O–H groups in total. The van der Waals surface area contributed by atoms with Crippen LogP contribution in [-0.4, -0.2) is 59.6 Å². The van der Waals surface area contributed by atoms with Gasteiger partial charge in [-0.05, 0) is 18.2 Å². The molecule has 0 unspecified atom stereocenters. The fourth-order valence-corrected chi connectivity index (χ4v) is 3.17. The van der Waals surface area contributed by atoms with Crippen LogP contribution in [-0.2, 0) is 6.42 Å². The van der Waals surface area contributed by atoms with Crippen LogP contribution < -0.4 is 9.47 Å². The number of piperazine rings is 1. The van der Waals surface area contributed by atoms with E-state index in [0.717, 1.165) is 0 Å². The second-order valence-electron chi connectivity index (χ2n) is 6.13. The third kappa shape index (κ3) is 2.87. The van der Waals surface area contributed by atoms with Crippen molar-refractivity contribution in [3.05, 3.63) is 41.6 Å². The van der Waals surface area contributed by atoms with Gasteiger partial charge in [-0.15, -0.1) is 0 Å². The van der Waals surface area contributed by atoms with Gasteiger partial charge in [0.15, 0.2) is 23.6 Å². The molecule has 1 fully saturated rings. The van der Waals surface area contributed by atoms with E-state index in [-0.39, 0.29) is 18.6 Å². The second-order valence-corrected chi connectivity index (χ2v) is 6.13. The van der Waals surface area contributed by atoms with E-state index in [1.165, 1.54) is 6.39 Å². The van der Waals surface area contributed by atoms with Crippen molar-refractivity contribution in [1.29, 1.82) is 0 Å². The average molecular weight is 357 g/mol. The predicted octanol–water partition coefficient (Wildman–Crippen LogP) is 1.56. The van der Waals surface area contributed by atoms with Crippen molar-refractivity contribution in [1.82, 2.24) is 14.8 Å². The van der Waals surface area contributed by atoms with Gasteiger partial charge in [-0.1, -0.05) is 6.92 Å². The van der Waals surface area contributed by atoms with Crippen LogP contribution in [0.25, 0.3) is 0 Å². The lowest BCUT2D eigenvalue weighted by Crippen LogP contribution is -2.50. The number of carbonyl (C=O) groups excluding carboxylic acids is 2. The predicted molar refractivity (Wildman–Crippen MR) is 90.3 cm³/mol. The molecule has 8 heteroatoms. The molecule has 0 saturated carbocycles. The van der Waals surface area contributed by atoms with Gasteiger partial charge < -0.3 is 23.7 Å². The van der Waals surface area contributed by atoms with E-state index < -0.39 is 0 Å². The summed E-state index contributed by atoms with van der Waals surface area (Å²) in [5.74, 6) is 1.60. The molecule has 0 atom stereocenters. The van der Waals surface area contributed by atoms with E-state index in [1.54, 1.807) is 28.0 Å². The van der Waals surface area contributed by atoms with Crippen molar-refractivity contribution in [2.45, 2.75) is 13.3 Å². The zero-order chi connectivity index (χ0) is 18.1. The SMILES string of the molecule is CCc1ocnc1C(=O)N1CCN(C(=O)c2ccc3c(c2)OCO3)CC1. The highest BCUT2D eigenvalue weighted by Gasteiger charge is 2.28. The molecule has 0 radical (unpaired) electrons. The normalized spacial score (nSPS) is 16.0. The number of rotatable bonds is 3. The molecule has 0 aliphatic carbocycles. The highest BCUT2D eigenvalue weighted by molar-refractivity contribution is 5.96. The lowest BCUT2D eigenvalue weighted by Gasteiger charge is -2.34. The van der Waals surface area contributed by atoms with Gasteiger partial charge >= 0.3 is 0 Å². The Balaban J connectivity index is 1.40. The first-order valence-corrected chi connectivity index (χ1v) is 8.58. The van der Waals surface area contributed by atoms with Crippen molar-refractivity contribution >= 4 is 11.8 Å². The first-order valence-electron chi connectivity index (χ1n) is 8.58. The number of amides is 2. The molecule has 1 aromatic carbocycles.